The zero-order valence-corrected chi connectivity index (χ0v) is 12.2. The van der Waals surface area contributed by atoms with Crippen LogP contribution in [0.3, 0.4) is 0 Å². The lowest BCUT2D eigenvalue weighted by atomic mass is 10.0. The van der Waals surface area contributed by atoms with E-state index in [1.807, 2.05) is 18.2 Å². The first-order chi connectivity index (χ1) is 9.74. The molecule has 2 aromatic rings. The zero-order chi connectivity index (χ0) is 14.4. The second-order valence-corrected chi connectivity index (χ2v) is 4.84. The normalized spacial score (nSPS) is 10.3. The minimum atomic E-state index is 0.600. The van der Waals surface area contributed by atoms with Gasteiger partial charge < -0.3 is 15.4 Å². The molecular formula is C17H22N2O. The van der Waals surface area contributed by atoms with Gasteiger partial charge in [0.2, 0.25) is 0 Å². The summed E-state index contributed by atoms with van der Waals surface area (Å²) in [5.41, 5.74) is 9.52. The fourth-order valence-corrected chi connectivity index (χ4v) is 2.25. The minimum Gasteiger partial charge on any atom is -0.497 e. The summed E-state index contributed by atoms with van der Waals surface area (Å²) in [5.74, 6) is 0.885. The zero-order valence-electron chi connectivity index (χ0n) is 12.2. The van der Waals surface area contributed by atoms with Crippen LogP contribution in [-0.4, -0.2) is 20.7 Å². The van der Waals surface area contributed by atoms with E-state index in [2.05, 4.69) is 42.3 Å². The third-order valence-electron chi connectivity index (χ3n) is 3.57. The molecule has 2 rings (SSSR count). The summed E-state index contributed by atoms with van der Waals surface area (Å²) in [7, 11) is 3.79. The van der Waals surface area contributed by atoms with E-state index in [9.17, 15) is 0 Å². The number of likely N-dealkylation sites (N-methyl/N-ethyl adjacent to an activating group) is 1. The quantitative estimate of drug-likeness (QED) is 0.877. The Kier molecular flexibility index (Phi) is 5.02. The van der Waals surface area contributed by atoms with Gasteiger partial charge in [-0.1, -0.05) is 24.3 Å². The minimum absolute atomic E-state index is 0.600. The van der Waals surface area contributed by atoms with Gasteiger partial charge in [-0.2, -0.15) is 0 Å². The summed E-state index contributed by atoms with van der Waals surface area (Å²) in [6.45, 7) is 1.56. The van der Waals surface area contributed by atoms with Crippen LogP contribution in [0.2, 0.25) is 0 Å². The topological polar surface area (TPSA) is 38.5 Å². The number of benzene rings is 2. The van der Waals surface area contributed by atoms with Crippen molar-refractivity contribution in [3.05, 3.63) is 59.7 Å². The molecule has 2 N–H and O–H groups in total. The molecule has 0 fully saturated rings. The number of nitrogens with two attached hydrogens (primary N) is 1. The lowest BCUT2D eigenvalue weighted by Crippen LogP contribution is -2.20. The number of hydrogen-bond donors (Lipinski definition) is 1. The van der Waals surface area contributed by atoms with Gasteiger partial charge in [-0.25, -0.2) is 0 Å². The standard InChI is InChI=1S/C17H22N2O/c1-19(16-7-9-17(20-2)10-8-16)12-11-14-5-3-4-6-15(14)13-18/h3-10H,11-13,18H2,1-2H3. The molecule has 0 aliphatic carbocycles. The first kappa shape index (κ1) is 14.4. The molecule has 0 saturated heterocycles. The Morgan fingerprint density at radius 2 is 1.65 bits per heavy atom. The molecule has 0 spiro atoms. The average Bonchev–Trinajstić information content (AvgIpc) is 2.53. The van der Waals surface area contributed by atoms with Crippen molar-refractivity contribution in [2.24, 2.45) is 5.73 Å². The van der Waals surface area contributed by atoms with E-state index >= 15 is 0 Å². The highest BCUT2D eigenvalue weighted by molar-refractivity contribution is 5.48. The molecule has 0 amide bonds. The molecule has 0 aliphatic heterocycles. The maximum Gasteiger partial charge on any atom is 0.119 e. The predicted octanol–water partition coefficient (Wildman–Crippen LogP) is 2.83. The predicted molar refractivity (Wildman–Crippen MR) is 84.3 cm³/mol. The van der Waals surface area contributed by atoms with Crippen LogP contribution in [0.15, 0.2) is 48.5 Å². The highest BCUT2D eigenvalue weighted by Crippen LogP contribution is 2.18. The first-order valence-electron chi connectivity index (χ1n) is 6.86. The Hall–Kier alpha value is -2.00. The summed E-state index contributed by atoms with van der Waals surface area (Å²) in [5, 5.41) is 0. The average molecular weight is 270 g/mol. The van der Waals surface area contributed by atoms with Crippen LogP contribution in [0.1, 0.15) is 11.1 Å². The largest absolute Gasteiger partial charge is 0.497 e. The van der Waals surface area contributed by atoms with E-state index in [0.717, 1.165) is 18.7 Å². The van der Waals surface area contributed by atoms with Gasteiger partial charge in [0.1, 0.15) is 5.75 Å². The lowest BCUT2D eigenvalue weighted by molar-refractivity contribution is 0.415. The van der Waals surface area contributed by atoms with Crippen LogP contribution in [0.5, 0.6) is 5.75 Å². The van der Waals surface area contributed by atoms with Crippen molar-refractivity contribution in [1.29, 1.82) is 0 Å². The second-order valence-electron chi connectivity index (χ2n) is 4.84. The fraction of sp³-hybridized carbons (Fsp3) is 0.294. The monoisotopic (exact) mass is 270 g/mol. The summed E-state index contributed by atoms with van der Waals surface area (Å²) in [6.07, 6.45) is 0.996. The molecule has 2 aromatic carbocycles. The van der Waals surface area contributed by atoms with Gasteiger partial charge in [-0.15, -0.1) is 0 Å². The fourth-order valence-electron chi connectivity index (χ4n) is 2.25. The maximum atomic E-state index is 5.77. The molecule has 3 heteroatoms. The van der Waals surface area contributed by atoms with Crippen molar-refractivity contribution >= 4 is 5.69 Å². The molecule has 0 aromatic heterocycles. The third kappa shape index (κ3) is 3.52. The first-order valence-corrected chi connectivity index (χ1v) is 6.86. The number of hydrogen-bond acceptors (Lipinski definition) is 3. The van der Waals surface area contributed by atoms with Crippen molar-refractivity contribution in [2.45, 2.75) is 13.0 Å². The van der Waals surface area contributed by atoms with Crippen molar-refractivity contribution < 1.29 is 4.74 Å². The molecule has 0 unspecified atom stereocenters. The van der Waals surface area contributed by atoms with Crippen LogP contribution in [0.4, 0.5) is 5.69 Å². The Labute approximate surface area is 121 Å². The number of ether oxygens (including phenoxy) is 1. The Morgan fingerprint density at radius 3 is 2.25 bits per heavy atom. The number of anilines is 1. The summed E-state index contributed by atoms with van der Waals surface area (Å²) < 4.78 is 5.18. The highest BCUT2D eigenvalue weighted by Gasteiger charge is 2.04. The molecule has 0 atom stereocenters. The van der Waals surface area contributed by atoms with Crippen molar-refractivity contribution in [1.82, 2.24) is 0 Å². The highest BCUT2D eigenvalue weighted by atomic mass is 16.5. The molecule has 3 nitrogen and oxygen atoms in total. The van der Waals surface area contributed by atoms with Crippen molar-refractivity contribution in [2.75, 3.05) is 25.6 Å². The maximum absolute atomic E-state index is 5.77. The third-order valence-corrected chi connectivity index (χ3v) is 3.57. The van der Waals surface area contributed by atoms with Crippen molar-refractivity contribution in [3.63, 3.8) is 0 Å². The summed E-state index contributed by atoms with van der Waals surface area (Å²) >= 11 is 0. The summed E-state index contributed by atoms with van der Waals surface area (Å²) in [6, 6.07) is 16.5. The number of nitrogens with zero attached hydrogens (tertiary/aromatic N) is 1. The van der Waals surface area contributed by atoms with E-state index in [1.165, 1.54) is 16.8 Å². The smallest absolute Gasteiger partial charge is 0.119 e. The SMILES string of the molecule is COc1ccc(N(C)CCc2ccccc2CN)cc1. The van der Waals surface area contributed by atoms with E-state index in [0.29, 0.717) is 6.54 Å². The number of rotatable bonds is 6. The second kappa shape index (κ2) is 6.96. The Bertz CT molecular complexity index is 537. The van der Waals surface area contributed by atoms with Gasteiger partial charge in [-0.05, 0) is 41.8 Å². The molecule has 0 saturated carbocycles. The molecule has 20 heavy (non-hydrogen) atoms. The van der Waals surface area contributed by atoms with E-state index < -0.39 is 0 Å². The van der Waals surface area contributed by atoms with E-state index in [-0.39, 0.29) is 0 Å². The Morgan fingerprint density at radius 1 is 1.00 bits per heavy atom. The van der Waals surface area contributed by atoms with E-state index in [1.54, 1.807) is 7.11 Å². The molecule has 0 heterocycles. The summed E-state index contributed by atoms with van der Waals surface area (Å²) in [4.78, 5) is 2.24. The van der Waals surface area contributed by atoms with Gasteiger partial charge in [0.25, 0.3) is 0 Å². The number of methoxy groups -OCH3 is 1. The van der Waals surface area contributed by atoms with Crippen molar-refractivity contribution in [3.8, 4) is 5.75 Å². The van der Waals surface area contributed by atoms with Crippen LogP contribution < -0.4 is 15.4 Å². The Balaban J connectivity index is 1.98. The molecule has 0 bridgehead atoms. The van der Waals surface area contributed by atoms with Crippen LogP contribution in [0, 0.1) is 0 Å². The molecule has 0 radical (unpaired) electrons. The van der Waals surface area contributed by atoms with Gasteiger partial charge in [0.05, 0.1) is 7.11 Å². The van der Waals surface area contributed by atoms with Gasteiger partial charge in [0, 0.05) is 25.8 Å². The van der Waals surface area contributed by atoms with Crippen LogP contribution >= 0.6 is 0 Å². The van der Waals surface area contributed by atoms with Gasteiger partial charge >= 0.3 is 0 Å². The van der Waals surface area contributed by atoms with E-state index in [4.69, 9.17) is 10.5 Å². The van der Waals surface area contributed by atoms with Gasteiger partial charge in [-0.3, -0.25) is 0 Å². The lowest BCUT2D eigenvalue weighted by Gasteiger charge is -2.20. The molecule has 106 valence electrons. The molecule has 0 aliphatic rings. The van der Waals surface area contributed by atoms with Crippen LogP contribution in [-0.2, 0) is 13.0 Å². The molecular weight excluding hydrogens is 248 g/mol. The van der Waals surface area contributed by atoms with Gasteiger partial charge in [0.15, 0.2) is 0 Å². The van der Waals surface area contributed by atoms with Crippen LogP contribution in [0.25, 0.3) is 0 Å².